The van der Waals surface area contributed by atoms with Gasteiger partial charge in [0.2, 0.25) is 10.0 Å². The Morgan fingerprint density at radius 3 is 3.00 bits per heavy atom. The number of aromatic nitrogens is 1. The fourth-order valence-corrected chi connectivity index (χ4v) is 3.77. The first-order valence-corrected chi connectivity index (χ1v) is 7.30. The third-order valence-electron chi connectivity index (χ3n) is 3.22. The Morgan fingerprint density at radius 1 is 1.56 bits per heavy atom. The number of hydrogen-bond acceptors (Lipinski definition) is 5. The van der Waals surface area contributed by atoms with Crippen molar-refractivity contribution in [2.24, 2.45) is 5.92 Å². The molecule has 7 heteroatoms. The first-order valence-electron chi connectivity index (χ1n) is 5.86. The van der Waals surface area contributed by atoms with E-state index in [1.165, 1.54) is 22.8 Å². The largest absolute Gasteiger partial charge is 0.398 e. The van der Waals surface area contributed by atoms with Gasteiger partial charge < -0.3 is 10.8 Å². The third-order valence-corrected chi connectivity index (χ3v) is 5.13. The quantitative estimate of drug-likeness (QED) is 0.807. The highest BCUT2D eigenvalue weighted by Crippen LogP contribution is 2.27. The van der Waals surface area contributed by atoms with Gasteiger partial charge in [-0.05, 0) is 24.8 Å². The molecule has 0 aliphatic carbocycles. The smallest absolute Gasteiger partial charge is 0.246 e. The van der Waals surface area contributed by atoms with Crippen LogP contribution in [0.5, 0.6) is 0 Å². The molecule has 18 heavy (non-hydrogen) atoms. The minimum absolute atomic E-state index is 0.0645. The summed E-state index contributed by atoms with van der Waals surface area (Å²) >= 11 is 0. The van der Waals surface area contributed by atoms with Gasteiger partial charge in [-0.25, -0.2) is 8.42 Å². The molecule has 2 rings (SSSR count). The van der Waals surface area contributed by atoms with Crippen LogP contribution in [0.1, 0.15) is 12.8 Å². The van der Waals surface area contributed by atoms with Crippen LogP contribution in [0.2, 0.25) is 0 Å². The summed E-state index contributed by atoms with van der Waals surface area (Å²) in [7, 11) is -3.56. The van der Waals surface area contributed by atoms with Gasteiger partial charge in [0.25, 0.3) is 0 Å². The molecule has 0 spiro atoms. The van der Waals surface area contributed by atoms with Crippen molar-refractivity contribution >= 4 is 15.7 Å². The number of aliphatic hydroxyl groups is 1. The molecule has 1 atom stereocenters. The Labute approximate surface area is 106 Å². The zero-order valence-corrected chi connectivity index (χ0v) is 10.8. The number of anilines is 1. The topological polar surface area (TPSA) is 96.5 Å². The minimum Gasteiger partial charge on any atom is -0.398 e. The van der Waals surface area contributed by atoms with Gasteiger partial charge in [0, 0.05) is 32.1 Å². The van der Waals surface area contributed by atoms with Crippen molar-refractivity contribution in [3.63, 3.8) is 0 Å². The molecule has 100 valence electrons. The number of rotatable bonds is 4. The Morgan fingerprint density at radius 2 is 2.33 bits per heavy atom. The second-order valence-corrected chi connectivity index (χ2v) is 6.35. The van der Waals surface area contributed by atoms with Crippen LogP contribution >= 0.6 is 0 Å². The Kier molecular flexibility index (Phi) is 3.84. The molecular formula is C11H17N3O3S. The van der Waals surface area contributed by atoms with Crippen LogP contribution in [0.3, 0.4) is 0 Å². The average molecular weight is 271 g/mol. The summed E-state index contributed by atoms with van der Waals surface area (Å²) in [6, 6.07) is 1.48. The second kappa shape index (κ2) is 5.21. The van der Waals surface area contributed by atoms with Gasteiger partial charge >= 0.3 is 0 Å². The van der Waals surface area contributed by atoms with Gasteiger partial charge in [-0.1, -0.05) is 0 Å². The number of nitrogens with zero attached hydrogens (tertiary/aromatic N) is 2. The van der Waals surface area contributed by atoms with Crippen LogP contribution < -0.4 is 5.73 Å². The molecule has 2 heterocycles. The van der Waals surface area contributed by atoms with E-state index >= 15 is 0 Å². The van der Waals surface area contributed by atoms with E-state index in [1.807, 2.05) is 0 Å². The van der Waals surface area contributed by atoms with Gasteiger partial charge in [0.1, 0.15) is 4.90 Å². The van der Waals surface area contributed by atoms with Crippen LogP contribution in [-0.4, -0.2) is 42.5 Å². The number of aliphatic hydroxyl groups excluding tert-OH is 1. The van der Waals surface area contributed by atoms with Gasteiger partial charge in [0.15, 0.2) is 0 Å². The normalized spacial score (nSPS) is 21.3. The first kappa shape index (κ1) is 13.3. The zero-order valence-electron chi connectivity index (χ0n) is 9.99. The van der Waals surface area contributed by atoms with E-state index in [4.69, 9.17) is 10.8 Å². The fraction of sp³-hybridized carbons (Fsp3) is 0.545. The predicted octanol–water partition coefficient (Wildman–Crippen LogP) is 0.0568. The monoisotopic (exact) mass is 271 g/mol. The van der Waals surface area contributed by atoms with Crippen molar-refractivity contribution in [2.45, 2.75) is 17.7 Å². The SMILES string of the molecule is Nc1ccncc1S(=O)(=O)N1CCC(CCO)C1. The van der Waals surface area contributed by atoms with Crippen LogP contribution in [0.25, 0.3) is 0 Å². The third kappa shape index (κ3) is 2.47. The molecule has 3 N–H and O–H groups in total. The molecule has 0 aromatic carbocycles. The molecule has 0 radical (unpaired) electrons. The Hall–Kier alpha value is -1.18. The van der Waals surface area contributed by atoms with Crippen LogP contribution in [0, 0.1) is 5.92 Å². The van der Waals surface area contributed by atoms with Crippen LogP contribution in [0.15, 0.2) is 23.4 Å². The highest BCUT2D eigenvalue weighted by Gasteiger charge is 2.33. The maximum Gasteiger partial charge on any atom is 0.246 e. The molecule has 1 aromatic rings. The summed E-state index contributed by atoms with van der Waals surface area (Å²) in [5.74, 6) is 0.225. The lowest BCUT2D eigenvalue weighted by molar-refractivity contribution is 0.259. The number of sulfonamides is 1. The summed E-state index contributed by atoms with van der Waals surface area (Å²) < 4.78 is 26.1. The van der Waals surface area contributed by atoms with Gasteiger partial charge in [-0.2, -0.15) is 4.31 Å². The summed E-state index contributed by atoms with van der Waals surface area (Å²) in [5.41, 5.74) is 5.90. The molecule has 1 aromatic heterocycles. The molecule has 0 amide bonds. The Balaban J connectivity index is 2.21. The van der Waals surface area contributed by atoms with E-state index in [2.05, 4.69) is 4.98 Å². The summed E-state index contributed by atoms with van der Waals surface area (Å²) in [4.78, 5) is 3.88. The van der Waals surface area contributed by atoms with Crippen molar-refractivity contribution in [1.29, 1.82) is 0 Å². The van der Waals surface area contributed by atoms with Gasteiger partial charge in [-0.3, -0.25) is 4.98 Å². The minimum atomic E-state index is -3.56. The highest BCUT2D eigenvalue weighted by atomic mass is 32.2. The van der Waals surface area contributed by atoms with Crippen LogP contribution in [0.4, 0.5) is 5.69 Å². The summed E-state index contributed by atoms with van der Waals surface area (Å²) in [5, 5.41) is 8.88. The number of pyridine rings is 1. The van der Waals surface area contributed by atoms with Crippen molar-refractivity contribution in [2.75, 3.05) is 25.4 Å². The Bertz CT molecular complexity index is 518. The van der Waals surface area contributed by atoms with Crippen molar-refractivity contribution < 1.29 is 13.5 Å². The van der Waals surface area contributed by atoms with Gasteiger partial charge in [-0.15, -0.1) is 0 Å². The fourth-order valence-electron chi connectivity index (χ4n) is 2.18. The van der Waals surface area contributed by atoms with E-state index in [0.717, 1.165) is 6.42 Å². The molecule has 1 aliphatic heterocycles. The van der Waals surface area contributed by atoms with Crippen molar-refractivity contribution in [1.82, 2.24) is 9.29 Å². The standard InChI is InChI=1S/C11H17N3O3S/c12-10-1-4-13-7-11(10)18(16,17)14-5-2-9(8-14)3-6-15/h1,4,7,9,15H,2-3,5-6,8H2,(H2,12,13). The molecular weight excluding hydrogens is 254 g/mol. The van der Waals surface area contributed by atoms with E-state index < -0.39 is 10.0 Å². The second-order valence-electron chi connectivity index (χ2n) is 4.44. The predicted molar refractivity (Wildman–Crippen MR) is 67.2 cm³/mol. The lowest BCUT2D eigenvalue weighted by atomic mass is 10.1. The van der Waals surface area contributed by atoms with Crippen molar-refractivity contribution in [3.8, 4) is 0 Å². The van der Waals surface area contributed by atoms with E-state index in [0.29, 0.717) is 19.5 Å². The summed E-state index contributed by atoms with van der Waals surface area (Å²) in [6.45, 7) is 1.01. The van der Waals surface area contributed by atoms with E-state index in [1.54, 1.807) is 0 Å². The van der Waals surface area contributed by atoms with E-state index in [-0.39, 0.29) is 23.1 Å². The average Bonchev–Trinajstić information content (AvgIpc) is 2.79. The number of nitrogen functional groups attached to an aromatic ring is 1. The molecule has 6 nitrogen and oxygen atoms in total. The molecule has 0 saturated carbocycles. The highest BCUT2D eigenvalue weighted by molar-refractivity contribution is 7.89. The molecule has 1 saturated heterocycles. The lowest BCUT2D eigenvalue weighted by Crippen LogP contribution is -2.29. The van der Waals surface area contributed by atoms with Crippen LogP contribution in [-0.2, 0) is 10.0 Å². The number of nitrogens with two attached hydrogens (primary N) is 1. The zero-order chi connectivity index (χ0) is 13.2. The lowest BCUT2D eigenvalue weighted by Gasteiger charge is -2.17. The maximum atomic E-state index is 12.3. The molecule has 1 fully saturated rings. The van der Waals surface area contributed by atoms with Crippen molar-refractivity contribution in [3.05, 3.63) is 18.5 Å². The molecule has 1 unspecified atom stereocenters. The molecule has 1 aliphatic rings. The maximum absolute atomic E-state index is 12.3. The van der Waals surface area contributed by atoms with E-state index in [9.17, 15) is 8.42 Å². The number of hydrogen-bond donors (Lipinski definition) is 2. The first-order chi connectivity index (χ1) is 8.55. The summed E-state index contributed by atoms with van der Waals surface area (Å²) in [6.07, 6.45) is 4.16. The van der Waals surface area contributed by atoms with Gasteiger partial charge in [0.05, 0.1) is 5.69 Å². The molecule has 0 bridgehead atoms.